The summed E-state index contributed by atoms with van der Waals surface area (Å²) in [5, 5.41) is 4.99. The van der Waals surface area contributed by atoms with Gasteiger partial charge in [-0.3, -0.25) is 4.90 Å². The van der Waals surface area contributed by atoms with Crippen molar-refractivity contribution in [2.24, 2.45) is 0 Å². The molecule has 6 nitrogen and oxygen atoms in total. The first-order valence-corrected chi connectivity index (χ1v) is 11.2. The van der Waals surface area contributed by atoms with Gasteiger partial charge in [0, 0.05) is 24.3 Å². The van der Waals surface area contributed by atoms with Crippen LogP contribution in [0, 0.1) is 0 Å². The first-order chi connectivity index (χ1) is 13.8. The average Bonchev–Trinajstić information content (AvgIpc) is 3.27. The lowest BCUT2D eigenvalue weighted by atomic mass is 10.1. The van der Waals surface area contributed by atoms with Crippen LogP contribution in [0.5, 0.6) is 0 Å². The lowest BCUT2D eigenvalue weighted by Crippen LogP contribution is -2.36. The Morgan fingerprint density at radius 2 is 1.82 bits per heavy atom. The number of aromatic nitrogens is 4. The Labute approximate surface area is 170 Å². The van der Waals surface area contributed by atoms with Crippen LogP contribution in [0.4, 0.5) is 10.6 Å². The molecule has 2 heterocycles. The second-order valence-electron chi connectivity index (χ2n) is 6.71. The minimum atomic E-state index is -0.186. The van der Waals surface area contributed by atoms with Gasteiger partial charge in [0.2, 0.25) is 0 Å². The van der Waals surface area contributed by atoms with E-state index in [1.54, 1.807) is 23.4 Å². The van der Waals surface area contributed by atoms with Crippen molar-refractivity contribution in [3.63, 3.8) is 0 Å². The maximum Gasteiger partial charge on any atom is 0.350 e. The topological polar surface area (TPSA) is 63.9 Å². The summed E-state index contributed by atoms with van der Waals surface area (Å²) in [6.07, 6.45) is 14.0. The Hall–Kier alpha value is -2.41. The van der Waals surface area contributed by atoms with Gasteiger partial charge in [-0.25, -0.2) is 14.8 Å². The van der Waals surface area contributed by atoms with Crippen LogP contribution in [0.2, 0.25) is 0 Å². The van der Waals surface area contributed by atoms with Crippen LogP contribution in [0.1, 0.15) is 38.5 Å². The first-order valence-electron chi connectivity index (χ1n) is 9.81. The van der Waals surface area contributed by atoms with Gasteiger partial charge < -0.3 is 0 Å². The van der Waals surface area contributed by atoms with Gasteiger partial charge in [0.25, 0.3) is 0 Å². The molecular formula is C21H27N5OS. The molecule has 0 unspecified atom stereocenters. The van der Waals surface area contributed by atoms with Crippen LogP contribution in [0.15, 0.2) is 49.1 Å². The predicted octanol–water partition coefficient (Wildman–Crippen LogP) is 5.00. The number of amides is 1. The number of unbranched alkanes of at least 4 members (excludes halogenated alkanes) is 5. The molecule has 0 saturated carbocycles. The summed E-state index contributed by atoms with van der Waals surface area (Å²) in [5.41, 5.74) is 0.833. The summed E-state index contributed by atoms with van der Waals surface area (Å²) in [5.74, 6) is 1.89. The fourth-order valence-electron chi connectivity index (χ4n) is 3.23. The summed E-state index contributed by atoms with van der Waals surface area (Å²) in [7, 11) is 0. The van der Waals surface area contributed by atoms with Crippen molar-refractivity contribution in [2.45, 2.75) is 38.5 Å². The minimum Gasteiger partial charge on any atom is -0.276 e. The molecule has 0 atom stereocenters. The summed E-state index contributed by atoms with van der Waals surface area (Å²) in [6.45, 7) is 0.616. The SMILES string of the molecule is CSCCCCCCCCN(C(=O)n1cccn1)c1ncnc2ccccc12. The fourth-order valence-corrected chi connectivity index (χ4v) is 3.72. The molecule has 0 radical (unpaired) electrons. The molecular weight excluding hydrogens is 370 g/mol. The second kappa shape index (κ2) is 10.8. The highest BCUT2D eigenvalue weighted by Gasteiger charge is 2.21. The Balaban J connectivity index is 1.69. The zero-order valence-electron chi connectivity index (χ0n) is 16.3. The maximum atomic E-state index is 13.1. The van der Waals surface area contributed by atoms with Crippen molar-refractivity contribution in [3.05, 3.63) is 49.1 Å². The van der Waals surface area contributed by atoms with E-state index >= 15 is 0 Å². The fraction of sp³-hybridized carbons (Fsp3) is 0.429. The van der Waals surface area contributed by atoms with Gasteiger partial charge in [-0.05, 0) is 43.0 Å². The molecule has 7 heteroatoms. The number of carbonyl (C=O) groups excluding carboxylic acids is 1. The highest BCUT2D eigenvalue weighted by Crippen LogP contribution is 2.24. The summed E-state index contributed by atoms with van der Waals surface area (Å²) < 4.78 is 1.36. The molecule has 0 bridgehead atoms. The standard InChI is InChI=1S/C21H27N5OS/c1-28-16-9-5-3-2-4-8-14-25(21(27)26-15-10-13-24-26)20-18-11-6-7-12-19(18)22-17-23-20/h6-7,10-13,15,17H,2-5,8-9,14,16H2,1H3. The Bertz CT molecular complexity index is 863. The van der Waals surface area contributed by atoms with Gasteiger partial charge in [0.05, 0.1) is 5.52 Å². The summed E-state index contributed by atoms with van der Waals surface area (Å²) in [6, 6.07) is 9.35. The molecule has 28 heavy (non-hydrogen) atoms. The van der Waals surface area contributed by atoms with E-state index in [-0.39, 0.29) is 6.03 Å². The van der Waals surface area contributed by atoms with Crippen LogP contribution in [0.25, 0.3) is 10.9 Å². The highest BCUT2D eigenvalue weighted by atomic mass is 32.2. The van der Waals surface area contributed by atoms with E-state index in [1.165, 1.54) is 42.4 Å². The largest absolute Gasteiger partial charge is 0.350 e. The minimum absolute atomic E-state index is 0.186. The average molecular weight is 398 g/mol. The molecule has 0 aliphatic carbocycles. The number of anilines is 1. The normalized spacial score (nSPS) is 11.0. The number of carbonyl (C=O) groups is 1. The van der Waals surface area contributed by atoms with Gasteiger partial charge in [0.1, 0.15) is 12.1 Å². The molecule has 0 aliphatic rings. The third kappa shape index (κ3) is 5.32. The molecule has 0 N–H and O–H groups in total. The van der Waals surface area contributed by atoms with E-state index in [0.29, 0.717) is 12.4 Å². The van der Waals surface area contributed by atoms with E-state index in [9.17, 15) is 4.79 Å². The maximum absolute atomic E-state index is 13.1. The van der Waals surface area contributed by atoms with Crippen LogP contribution < -0.4 is 4.90 Å². The summed E-state index contributed by atoms with van der Waals surface area (Å²) in [4.78, 5) is 23.5. The van der Waals surface area contributed by atoms with Crippen LogP contribution in [-0.4, -0.2) is 44.3 Å². The molecule has 3 aromatic rings. The summed E-state index contributed by atoms with van der Waals surface area (Å²) >= 11 is 1.91. The van der Waals surface area contributed by atoms with Gasteiger partial charge in [0.15, 0.2) is 0 Å². The zero-order valence-corrected chi connectivity index (χ0v) is 17.1. The van der Waals surface area contributed by atoms with E-state index in [0.717, 1.165) is 23.7 Å². The number of benzene rings is 1. The number of para-hydroxylation sites is 1. The molecule has 1 amide bonds. The monoisotopic (exact) mass is 397 g/mol. The van der Waals surface area contributed by atoms with Crippen molar-refractivity contribution in [3.8, 4) is 0 Å². The van der Waals surface area contributed by atoms with Crippen molar-refractivity contribution in [1.29, 1.82) is 0 Å². The van der Waals surface area contributed by atoms with Gasteiger partial charge in [-0.15, -0.1) is 0 Å². The predicted molar refractivity (Wildman–Crippen MR) is 116 cm³/mol. The number of nitrogens with zero attached hydrogens (tertiary/aromatic N) is 5. The first kappa shape index (κ1) is 20.3. The van der Waals surface area contributed by atoms with Crippen molar-refractivity contribution < 1.29 is 4.79 Å². The molecule has 0 aliphatic heterocycles. The smallest absolute Gasteiger partial charge is 0.276 e. The van der Waals surface area contributed by atoms with Gasteiger partial charge in [-0.2, -0.15) is 21.5 Å². The number of hydrogen-bond donors (Lipinski definition) is 0. The number of thioether (sulfide) groups is 1. The Morgan fingerprint density at radius 1 is 1.04 bits per heavy atom. The third-order valence-electron chi connectivity index (χ3n) is 4.69. The molecule has 3 rings (SSSR count). The van der Waals surface area contributed by atoms with Crippen molar-refractivity contribution in [1.82, 2.24) is 19.7 Å². The van der Waals surface area contributed by atoms with Gasteiger partial charge >= 0.3 is 6.03 Å². The van der Waals surface area contributed by atoms with Crippen molar-refractivity contribution in [2.75, 3.05) is 23.5 Å². The molecule has 0 spiro atoms. The van der Waals surface area contributed by atoms with E-state index < -0.39 is 0 Å². The van der Waals surface area contributed by atoms with E-state index in [4.69, 9.17) is 0 Å². The Kier molecular flexibility index (Phi) is 7.84. The lowest BCUT2D eigenvalue weighted by Gasteiger charge is -2.22. The van der Waals surface area contributed by atoms with Crippen LogP contribution in [-0.2, 0) is 0 Å². The molecule has 1 aromatic carbocycles. The third-order valence-corrected chi connectivity index (χ3v) is 5.39. The number of hydrogen-bond acceptors (Lipinski definition) is 5. The zero-order chi connectivity index (χ0) is 19.6. The van der Waals surface area contributed by atoms with E-state index in [1.807, 2.05) is 36.0 Å². The number of rotatable bonds is 10. The van der Waals surface area contributed by atoms with Crippen molar-refractivity contribution >= 4 is 34.5 Å². The lowest BCUT2D eigenvalue weighted by molar-refractivity contribution is 0.244. The molecule has 0 saturated heterocycles. The molecule has 2 aromatic heterocycles. The van der Waals surface area contributed by atoms with Crippen LogP contribution in [0.3, 0.4) is 0 Å². The number of fused-ring (bicyclic) bond motifs is 1. The van der Waals surface area contributed by atoms with Gasteiger partial charge in [-0.1, -0.05) is 37.8 Å². The quantitative estimate of drug-likeness (QED) is 0.450. The Morgan fingerprint density at radius 3 is 2.61 bits per heavy atom. The van der Waals surface area contributed by atoms with Crippen LogP contribution >= 0.6 is 11.8 Å². The molecule has 148 valence electrons. The highest BCUT2D eigenvalue weighted by molar-refractivity contribution is 7.98. The second-order valence-corrected chi connectivity index (χ2v) is 7.70. The molecule has 0 fully saturated rings. The van der Waals surface area contributed by atoms with E-state index in [2.05, 4.69) is 21.3 Å².